The lowest BCUT2D eigenvalue weighted by atomic mass is 9.91. The van der Waals surface area contributed by atoms with E-state index in [-0.39, 0.29) is 18.0 Å². The summed E-state index contributed by atoms with van der Waals surface area (Å²) in [6.45, 7) is 0. The Hall–Kier alpha value is -2.54. The Kier molecular flexibility index (Phi) is 7.12. The largest absolute Gasteiger partial charge is 0.365 e. The second-order valence-electron chi connectivity index (χ2n) is 8.46. The molecular weight excluding hydrogens is 406 g/mol. The van der Waals surface area contributed by atoms with Crippen LogP contribution in [-0.2, 0) is 4.79 Å². The maximum absolute atomic E-state index is 12.3. The summed E-state index contributed by atoms with van der Waals surface area (Å²) in [5.74, 6) is 2.64. The molecule has 164 valence electrons. The number of allylic oxidation sites excluding steroid dienone is 3. The molecule has 1 aliphatic heterocycles. The van der Waals surface area contributed by atoms with Crippen LogP contribution in [0.2, 0.25) is 0 Å². The summed E-state index contributed by atoms with van der Waals surface area (Å²) in [6.07, 6.45) is 11.2. The smallest absolute Gasteiger partial charge is 0.230 e. The Morgan fingerprint density at radius 1 is 1.23 bits per heavy atom. The van der Waals surface area contributed by atoms with Crippen molar-refractivity contribution in [2.75, 3.05) is 19.8 Å². The van der Waals surface area contributed by atoms with Gasteiger partial charge in [0.25, 0.3) is 0 Å². The molecule has 1 aromatic carbocycles. The van der Waals surface area contributed by atoms with Gasteiger partial charge in [0.05, 0.1) is 17.7 Å². The molecule has 3 aliphatic rings. The maximum atomic E-state index is 12.3. The number of fused-ring (bicyclic) bond motifs is 1. The molecule has 7 heteroatoms. The van der Waals surface area contributed by atoms with Gasteiger partial charge in [0.1, 0.15) is 5.84 Å². The number of carbonyl (C=O) groups excluding carboxylic acids is 1. The van der Waals surface area contributed by atoms with Gasteiger partial charge in [-0.3, -0.25) is 4.79 Å². The fraction of sp³-hybridized carbons (Fsp3) is 0.458. The minimum Gasteiger partial charge on any atom is -0.365 e. The van der Waals surface area contributed by atoms with Crippen molar-refractivity contribution in [2.24, 2.45) is 15.9 Å². The van der Waals surface area contributed by atoms with E-state index in [2.05, 4.69) is 33.8 Å². The van der Waals surface area contributed by atoms with E-state index in [4.69, 9.17) is 9.98 Å². The van der Waals surface area contributed by atoms with Crippen molar-refractivity contribution in [3.8, 4) is 0 Å². The Morgan fingerprint density at radius 3 is 2.74 bits per heavy atom. The summed E-state index contributed by atoms with van der Waals surface area (Å²) < 4.78 is 0. The average Bonchev–Trinajstić information content (AvgIpc) is 2.79. The van der Waals surface area contributed by atoms with E-state index >= 15 is 0 Å². The number of nitrogens with zero attached hydrogens (tertiary/aromatic N) is 3. The van der Waals surface area contributed by atoms with Gasteiger partial charge in [-0.2, -0.15) is 4.99 Å². The molecule has 2 N–H and O–H groups in total. The van der Waals surface area contributed by atoms with Gasteiger partial charge in [-0.25, -0.2) is 4.99 Å². The molecule has 1 heterocycles. The average molecular weight is 438 g/mol. The van der Waals surface area contributed by atoms with E-state index in [0.717, 1.165) is 42.8 Å². The fourth-order valence-corrected chi connectivity index (χ4v) is 5.01. The summed E-state index contributed by atoms with van der Waals surface area (Å²) in [6, 6.07) is 10.5. The van der Waals surface area contributed by atoms with Crippen molar-refractivity contribution in [2.45, 2.75) is 49.1 Å². The van der Waals surface area contributed by atoms with Crippen LogP contribution in [0.15, 0.2) is 69.1 Å². The first kappa shape index (κ1) is 21.7. The number of carbonyl (C=O) groups is 1. The van der Waals surface area contributed by atoms with Crippen molar-refractivity contribution in [3.05, 3.63) is 54.3 Å². The van der Waals surface area contributed by atoms with Crippen LogP contribution in [0.5, 0.6) is 0 Å². The number of rotatable bonds is 5. The van der Waals surface area contributed by atoms with Gasteiger partial charge in [-0.15, -0.1) is 11.8 Å². The summed E-state index contributed by atoms with van der Waals surface area (Å²) in [7, 11) is 4.09. The number of amidine groups is 1. The predicted molar refractivity (Wildman–Crippen MR) is 128 cm³/mol. The third kappa shape index (κ3) is 5.79. The van der Waals surface area contributed by atoms with Crippen molar-refractivity contribution in [1.29, 1.82) is 0 Å². The van der Waals surface area contributed by atoms with Gasteiger partial charge < -0.3 is 15.5 Å². The van der Waals surface area contributed by atoms with Crippen LogP contribution in [0, 0.1) is 5.92 Å². The fourth-order valence-electron chi connectivity index (χ4n) is 4.28. The van der Waals surface area contributed by atoms with Gasteiger partial charge in [0.15, 0.2) is 0 Å². The minimum absolute atomic E-state index is 0.112. The normalized spacial score (nSPS) is 26.4. The lowest BCUT2D eigenvalue weighted by Crippen LogP contribution is -2.43. The summed E-state index contributed by atoms with van der Waals surface area (Å²) in [4.78, 5) is 25.3. The maximum Gasteiger partial charge on any atom is 0.230 e. The predicted octanol–water partition coefficient (Wildman–Crippen LogP) is 3.59. The molecule has 31 heavy (non-hydrogen) atoms. The van der Waals surface area contributed by atoms with Crippen LogP contribution in [0.1, 0.15) is 32.1 Å². The second kappa shape index (κ2) is 10.2. The van der Waals surface area contributed by atoms with E-state index in [1.165, 1.54) is 5.70 Å². The SMILES string of the molecule is CN(C)C1=NC(=NC2CCC(NC(=O)CSc3ccccc3)CC2)NC2=CC=CCC21. The number of benzene rings is 1. The molecule has 2 aliphatic carbocycles. The van der Waals surface area contributed by atoms with Crippen molar-refractivity contribution in [1.82, 2.24) is 15.5 Å². The molecule has 6 nitrogen and oxygen atoms in total. The standard InChI is InChI=1S/C24H31N5OS/c1-29(2)23-20-10-6-7-11-21(20)27-24(28-23)26-18-14-12-17(13-15-18)25-22(30)16-31-19-8-4-3-5-9-19/h3-9,11,17-18,20H,10,12-16H2,1-2H3,(H,25,30)(H,26,27). The Balaban J connectivity index is 1.28. The number of guanidine groups is 1. The van der Waals surface area contributed by atoms with Crippen molar-refractivity contribution >= 4 is 29.5 Å². The zero-order valence-electron chi connectivity index (χ0n) is 18.3. The quantitative estimate of drug-likeness (QED) is 0.691. The molecule has 4 rings (SSSR count). The summed E-state index contributed by atoms with van der Waals surface area (Å²) in [5, 5.41) is 6.63. The van der Waals surface area contributed by atoms with Gasteiger partial charge in [-0.05, 0) is 50.3 Å². The zero-order valence-corrected chi connectivity index (χ0v) is 19.1. The van der Waals surface area contributed by atoms with Gasteiger partial charge in [0.2, 0.25) is 11.9 Å². The number of hydrogen-bond acceptors (Lipinski definition) is 4. The molecule has 0 radical (unpaired) electrons. The highest BCUT2D eigenvalue weighted by molar-refractivity contribution is 8.00. The van der Waals surface area contributed by atoms with Crippen LogP contribution in [-0.4, -0.2) is 54.5 Å². The number of hydrogen-bond donors (Lipinski definition) is 2. The molecule has 1 fully saturated rings. The summed E-state index contributed by atoms with van der Waals surface area (Å²) in [5.41, 5.74) is 1.18. The highest BCUT2D eigenvalue weighted by Crippen LogP contribution is 2.26. The highest BCUT2D eigenvalue weighted by atomic mass is 32.2. The molecule has 1 aromatic rings. The number of amides is 1. The van der Waals surface area contributed by atoms with Gasteiger partial charge in [-0.1, -0.05) is 30.4 Å². The summed E-state index contributed by atoms with van der Waals surface area (Å²) >= 11 is 1.58. The topological polar surface area (TPSA) is 69.1 Å². The van der Waals surface area contributed by atoms with Gasteiger partial charge in [0, 0.05) is 30.7 Å². The van der Waals surface area contributed by atoms with Crippen molar-refractivity contribution in [3.63, 3.8) is 0 Å². The first-order chi connectivity index (χ1) is 15.1. The molecule has 0 aromatic heterocycles. The van der Waals surface area contributed by atoms with Crippen LogP contribution in [0.4, 0.5) is 0 Å². The number of nitrogens with one attached hydrogen (secondary N) is 2. The Morgan fingerprint density at radius 2 is 2.00 bits per heavy atom. The highest BCUT2D eigenvalue weighted by Gasteiger charge is 2.29. The van der Waals surface area contributed by atoms with Crippen molar-refractivity contribution < 1.29 is 4.79 Å². The Bertz CT molecular complexity index is 898. The lowest BCUT2D eigenvalue weighted by Gasteiger charge is -2.33. The third-order valence-electron chi connectivity index (χ3n) is 5.89. The third-order valence-corrected chi connectivity index (χ3v) is 6.90. The van der Waals surface area contributed by atoms with Crippen LogP contribution in [0.3, 0.4) is 0 Å². The number of thioether (sulfide) groups is 1. The first-order valence-electron chi connectivity index (χ1n) is 11.0. The lowest BCUT2D eigenvalue weighted by molar-refractivity contribution is -0.119. The molecule has 0 bridgehead atoms. The zero-order chi connectivity index (χ0) is 21.6. The first-order valence-corrected chi connectivity index (χ1v) is 12.0. The van der Waals surface area contributed by atoms with E-state index in [0.29, 0.717) is 17.6 Å². The molecular formula is C24H31N5OS. The molecule has 0 spiro atoms. The molecule has 1 atom stereocenters. The van der Waals surface area contributed by atoms with E-state index < -0.39 is 0 Å². The van der Waals surface area contributed by atoms with E-state index in [1.54, 1.807) is 11.8 Å². The second-order valence-corrected chi connectivity index (χ2v) is 9.50. The van der Waals surface area contributed by atoms with Crippen LogP contribution < -0.4 is 10.6 Å². The van der Waals surface area contributed by atoms with Crippen LogP contribution >= 0.6 is 11.8 Å². The molecule has 1 amide bonds. The van der Waals surface area contributed by atoms with Gasteiger partial charge >= 0.3 is 0 Å². The van der Waals surface area contributed by atoms with E-state index in [1.807, 2.05) is 44.4 Å². The minimum atomic E-state index is 0.112. The monoisotopic (exact) mass is 437 g/mol. The molecule has 0 saturated heterocycles. The molecule has 1 unspecified atom stereocenters. The van der Waals surface area contributed by atoms with E-state index in [9.17, 15) is 4.79 Å². The number of aliphatic imine (C=N–C) groups is 2. The van der Waals surface area contributed by atoms with Crippen LogP contribution in [0.25, 0.3) is 0 Å². The Labute approximate surface area is 189 Å². The molecule has 1 saturated carbocycles.